The number of hydrogen-bond donors (Lipinski definition) is 2. The molecule has 0 aliphatic carbocycles. The molecular weight excluding hydrogens is 338 g/mol. The second-order valence-corrected chi connectivity index (χ2v) is 6.52. The van der Waals surface area contributed by atoms with Crippen LogP contribution in [0.5, 0.6) is 5.75 Å². The SMILES string of the molecule is COc1cccc(CNC(=O)CNC(=O)c2cc3sccc3n2C)c1. The molecule has 0 aliphatic heterocycles. The molecule has 25 heavy (non-hydrogen) atoms. The first-order valence-electron chi connectivity index (χ1n) is 7.79. The van der Waals surface area contributed by atoms with Crippen LogP contribution in [0.15, 0.2) is 41.8 Å². The van der Waals surface area contributed by atoms with Crippen LogP contribution in [-0.2, 0) is 18.4 Å². The predicted molar refractivity (Wildman–Crippen MR) is 98.0 cm³/mol. The number of benzene rings is 1. The summed E-state index contributed by atoms with van der Waals surface area (Å²) >= 11 is 1.58. The van der Waals surface area contributed by atoms with Gasteiger partial charge >= 0.3 is 0 Å². The van der Waals surface area contributed by atoms with Gasteiger partial charge in [0.15, 0.2) is 0 Å². The molecule has 2 amide bonds. The van der Waals surface area contributed by atoms with Gasteiger partial charge in [-0.2, -0.15) is 0 Å². The molecule has 3 aromatic rings. The van der Waals surface area contributed by atoms with E-state index in [1.165, 1.54) is 0 Å². The molecule has 0 aliphatic rings. The highest BCUT2D eigenvalue weighted by Gasteiger charge is 2.14. The zero-order chi connectivity index (χ0) is 17.8. The fraction of sp³-hybridized carbons (Fsp3) is 0.222. The minimum Gasteiger partial charge on any atom is -0.497 e. The molecule has 130 valence electrons. The summed E-state index contributed by atoms with van der Waals surface area (Å²) in [6.07, 6.45) is 0. The van der Waals surface area contributed by atoms with E-state index in [1.54, 1.807) is 18.4 Å². The van der Waals surface area contributed by atoms with Gasteiger partial charge < -0.3 is 19.9 Å². The van der Waals surface area contributed by atoms with Crippen molar-refractivity contribution in [2.45, 2.75) is 6.54 Å². The van der Waals surface area contributed by atoms with Gasteiger partial charge in [-0.3, -0.25) is 9.59 Å². The van der Waals surface area contributed by atoms with Crippen molar-refractivity contribution in [1.29, 1.82) is 0 Å². The van der Waals surface area contributed by atoms with Gasteiger partial charge in [-0.25, -0.2) is 0 Å². The van der Waals surface area contributed by atoms with Crippen LogP contribution in [0.25, 0.3) is 10.2 Å². The maximum Gasteiger partial charge on any atom is 0.268 e. The zero-order valence-corrected chi connectivity index (χ0v) is 14.9. The van der Waals surface area contributed by atoms with E-state index in [0.29, 0.717) is 12.2 Å². The Morgan fingerprint density at radius 2 is 2.04 bits per heavy atom. The molecule has 0 saturated carbocycles. The van der Waals surface area contributed by atoms with E-state index in [0.717, 1.165) is 21.5 Å². The molecule has 6 nitrogen and oxygen atoms in total. The molecule has 0 saturated heterocycles. The van der Waals surface area contributed by atoms with Gasteiger partial charge in [-0.05, 0) is 35.2 Å². The Morgan fingerprint density at radius 1 is 1.20 bits per heavy atom. The third kappa shape index (κ3) is 3.83. The Labute approximate surface area is 149 Å². The van der Waals surface area contributed by atoms with E-state index >= 15 is 0 Å². The Bertz CT molecular complexity index is 913. The molecule has 1 aromatic carbocycles. The number of fused-ring (bicyclic) bond motifs is 1. The summed E-state index contributed by atoms with van der Waals surface area (Å²) in [5.41, 5.74) is 2.49. The number of rotatable bonds is 6. The highest BCUT2D eigenvalue weighted by molar-refractivity contribution is 7.17. The Kier molecular flexibility index (Phi) is 5.04. The highest BCUT2D eigenvalue weighted by Crippen LogP contribution is 2.23. The summed E-state index contributed by atoms with van der Waals surface area (Å²) in [6.45, 7) is 0.313. The van der Waals surface area contributed by atoms with Crippen LogP contribution in [0.4, 0.5) is 0 Å². The van der Waals surface area contributed by atoms with Gasteiger partial charge in [0.1, 0.15) is 11.4 Å². The fourth-order valence-corrected chi connectivity index (χ4v) is 3.41. The first-order chi connectivity index (χ1) is 12.1. The van der Waals surface area contributed by atoms with Gasteiger partial charge in [-0.15, -0.1) is 11.3 Å². The molecule has 0 radical (unpaired) electrons. The largest absolute Gasteiger partial charge is 0.497 e. The minimum atomic E-state index is -0.262. The minimum absolute atomic E-state index is 0.0678. The number of ether oxygens (including phenoxy) is 1. The number of nitrogens with one attached hydrogen (secondary N) is 2. The second kappa shape index (κ2) is 7.40. The standard InChI is InChI=1S/C18H19N3O3S/c1-21-14-6-7-25-16(14)9-15(21)18(23)20-11-17(22)19-10-12-4-3-5-13(8-12)24-2/h3-9H,10-11H2,1-2H3,(H,19,22)(H,20,23). The van der Waals surface area contributed by atoms with Crippen molar-refractivity contribution in [3.05, 3.63) is 53.0 Å². The lowest BCUT2D eigenvalue weighted by atomic mass is 10.2. The average Bonchev–Trinajstić information content (AvgIpc) is 3.21. The Hall–Kier alpha value is -2.80. The van der Waals surface area contributed by atoms with Gasteiger partial charge in [0.05, 0.1) is 23.9 Å². The van der Waals surface area contributed by atoms with E-state index in [2.05, 4.69) is 10.6 Å². The third-order valence-electron chi connectivity index (χ3n) is 3.93. The van der Waals surface area contributed by atoms with Gasteiger partial charge in [-0.1, -0.05) is 12.1 Å². The molecule has 2 heterocycles. The summed E-state index contributed by atoms with van der Waals surface area (Å²) in [5.74, 6) is 0.235. The number of methoxy groups -OCH3 is 1. The first kappa shape index (κ1) is 17.0. The summed E-state index contributed by atoms with van der Waals surface area (Å²) in [4.78, 5) is 24.2. The molecule has 2 aromatic heterocycles. The van der Waals surface area contributed by atoms with Crippen molar-refractivity contribution in [3.63, 3.8) is 0 Å². The molecule has 2 N–H and O–H groups in total. The maximum absolute atomic E-state index is 12.3. The molecule has 7 heteroatoms. The third-order valence-corrected chi connectivity index (χ3v) is 4.78. The molecular formula is C18H19N3O3S. The van der Waals surface area contributed by atoms with Crippen LogP contribution in [0.1, 0.15) is 16.1 Å². The summed E-state index contributed by atoms with van der Waals surface area (Å²) in [7, 11) is 3.44. The predicted octanol–water partition coefficient (Wildman–Crippen LogP) is 2.29. The van der Waals surface area contributed by atoms with Gasteiger partial charge in [0.25, 0.3) is 5.91 Å². The lowest BCUT2D eigenvalue weighted by molar-refractivity contribution is -0.120. The van der Waals surface area contributed by atoms with Gasteiger partial charge in [0.2, 0.25) is 5.91 Å². The van der Waals surface area contributed by atoms with Crippen LogP contribution in [-0.4, -0.2) is 30.0 Å². The number of hydrogen-bond acceptors (Lipinski definition) is 4. The molecule has 0 atom stereocenters. The quantitative estimate of drug-likeness (QED) is 0.711. The van der Waals surface area contributed by atoms with E-state index in [-0.39, 0.29) is 18.4 Å². The number of carbonyl (C=O) groups is 2. The van der Waals surface area contributed by atoms with Crippen LogP contribution in [0.3, 0.4) is 0 Å². The van der Waals surface area contributed by atoms with Crippen molar-refractivity contribution < 1.29 is 14.3 Å². The number of thiophene rings is 1. The summed E-state index contributed by atoms with van der Waals surface area (Å²) in [6, 6.07) is 11.3. The number of carbonyl (C=O) groups excluding carboxylic acids is 2. The zero-order valence-electron chi connectivity index (χ0n) is 14.0. The van der Waals surface area contributed by atoms with E-state index < -0.39 is 0 Å². The first-order valence-corrected chi connectivity index (χ1v) is 8.67. The molecule has 3 rings (SSSR count). The van der Waals surface area contributed by atoms with Crippen molar-refractivity contribution in [2.24, 2.45) is 7.05 Å². The number of amides is 2. The van der Waals surface area contributed by atoms with Crippen LogP contribution < -0.4 is 15.4 Å². The van der Waals surface area contributed by atoms with Crippen molar-refractivity contribution in [3.8, 4) is 5.75 Å². The van der Waals surface area contributed by atoms with E-state index in [1.807, 2.05) is 53.4 Å². The Morgan fingerprint density at radius 3 is 2.80 bits per heavy atom. The monoisotopic (exact) mass is 357 g/mol. The fourth-order valence-electron chi connectivity index (χ4n) is 2.56. The molecule has 0 bridgehead atoms. The molecule has 0 unspecified atom stereocenters. The topological polar surface area (TPSA) is 72.4 Å². The summed E-state index contributed by atoms with van der Waals surface area (Å²) in [5, 5.41) is 7.42. The number of aromatic nitrogens is 1. The second-order valence-electron chi connectivity index (χ2n) is 5.57. The molecule has 0 fully saturated rings. The van der Waals surface area contributed by atoms with Crippen molar-refractivity contribution >= 4 is 33.4 Å². The lowest BCUT2D eigenvalue weighted by Gasteiger charge is -2.08. The maximum atomic E-state index is 12.3. The number of aryl methyl sites for hydroxylation is 1. The van der Waals surface area contributed by atoms with Crippen LogP contribution in [0.2, 0.25) is 0 Å². The van der Waals surface area contributed by atoms with Crippen molar-refractivity contribution in [1.82, 2.24) is 15.2 Å². The van der Waals surface area contributed by atoms with Crippen molar-refractivity contribution in [2.75, 3.05) is 13.7 Å². The normalized spacial score (nSPS) is 10.6. The smallest absolute Gasteiger partial charge is 0.268 e. The van der Waals surface area contributed by atoms with Crippen LogP contribution >= 0.6 is 11.3 Å². The number of nitrogens with zero attached hydrogens (tertiary/aromatic N) is 1. The molecule has 0 spiro atoms. The highest BCUT2D eigenvalue weighted by atomic mass is 32.1. The Balaban J connectivity index is 1.52. The summed E-state index contributed by atoms with van der Waals surface area (Å²) < 4.78 is 8.03. The van der Waals surface area contributed by atoms with Gasteiger partial charge in [0, 0.05) is 13.6 Å². The van der Waals surface area contributed by atoms with E-state index in [9.17, 15) is 9.59 Å². The lowest BCUT2D eigenvalue weighted by Crippen LogP contribution is -2.37. The van der Waals surface area contributed by atoms with E-state index in [4.69, 9.17) is 4.74 Å². The average molecular weight is 357 g/mol. The van der Waals surface area contributed by atoms with Crippen LogP contribution in [0, 0.1) is 0 Å².